The van der Waals surface area contributed by atoms with Crippen LogP contribution < -0.4 is 5.32 Å². The molecule has 4 rings (SSSR count). The number of carbonyl (C=O) groups is 1. The average molecular weight is 348 g/mol. The van der Waals surface area contributed by atoms with Gasteiger partial charge in [-0.2, -0.15) is 5.10 Å². The smallest absolute Gasteiger partial charge is 0.277 e. The van der Waals surface area contributed by atoms with E-state index in [1.165, 1.54) is 16.7 Å². The van der Waals surface area contributed by atoms with E-state index in [0.717, 1.165) is 22.3 Å². The minimum atomic E-state index is -0.248. The summed E-state index contributed by atoms with van der Waals surface area (Å²) in [5.74, 6) is -0.248. The van der Waals surface area contributed by atoms with E-state index in [2.05, 4.69) is 33.6 Å². The summed E-state index contributed by atoms with van der Waals surface area (Å²) in [5, 5.41) is 11.9. The van der Waals surface area contributed by atoms with Gasteiger partial charge in [0.05, 0.1) is 5.69 Å². The number of carbonyl (C=O) groups excluding carboxylic acids is 1. The molecule has 1 N–H and O–H groups in total. The van der Waals surface area contributed by atoms with Crippen molar-refractivity contribution in [2.45, 2.75) is 6.92 Å². The largest absolute Gasteiger partial charge is 0.296 e. The number of thiazole rings is 1. The van der Waals surface area contributed by atoms with Gasteiger partial charge in [-0.25, -0.2) is 4.98 Å². The topological polar surface area (TPSA) is 59.8 Å². The lowest BCUT2D eigenvalue weighted by molar-refractivity contribution is 0.102. The van der Waals surface area contributed by atoms with Gasteiger partial charge in [-0.05, 0) is 23.8 Å². The predicted molar refractivity (Wildman–Crippen MR) is 101 cm³/mol. The van der Waals surface area contributed by atoms with Gasteiger partial charge in [0.1, 0.15) is 0 Å². The fraction of sp³-hybridized carbons (Fsp3) is 0.105. The Morgan fingerprint density at radius 1 is 1.16 bits per heavy atom. The van der Waals surface area contributed by atoms with Crippen molar-refractivity contribution in [1.29, 1.82) is 0 Å². The zero-order chi connectivity index (χ0) is 17.4. The van der Waals surface area contributed by atoms with Crippen LogP contribution in [0.3, 0.4) is 0 Å². The van der Waals surface area contributed by atoms with Crippen LogP contribution in [0.15, 0.2) is 53.9 Å². The number of fused-ring (bicyclic) bond motifs is 1. The summed E-state index contributed by atoms with van der Waals surface area (Å²) >= 11 is 1.41. The molecule has 6 heteroatoms. The highest BCUT2D eigenvalue weighted by Gasteiger charge is 2.14. The Balaban J connectivity index is 1.63. The standard InChI is InChI=1S/C19H16N4OS/c1-12-10-16(22-23(12)2)18(24)21-19-20-17(11-25-19)15-9-5-7-13-6-3-4-8-14(13)15/h3-11H,1-2H3,(H,20,21,24). The number of nitrogens with zero attached hydrogens (tertiary/aromatic N) is 3. The number of aromatic nitrogens is 3. The van der Waals surface area contributed by atoms with Crippen LogP contribution in [0.25, 0.3) is 22.0 Å². The zero-order valence-electron chi connectivity index (χ0n) is 13.9. The van der Waals surface area contributed by atoms with Crippen molar-refractivity contribution in [2.24, 2.45) is 7.05 Å². The van der Waals surface area contributed by atoms with Crippen molar-refractivity contribution in [2.75, 3.05) is 5.32 Å². The van der Waals surface area contributed by atoms with Crippen LogP contribution in [-0.2, 0) is 7.05 Å². The molecule has 0 spiro atoms. The molecule has 25 heavy (non-hydrogen) atoms. The Kier molecular flexibility index (Phi) is 3.82. The average Bonchev–Trinajstić information content (AvgIpc) is 3.21. The minimum Gasteiger partial charge on any atom is -0.296 e. The van der Waals surface area contributed by atoms with Gasteiger partial charge in [0.25, 0.3) is 5.91 Å². The number of rotatable bonds is 3. The van der Waals surface area contributed by atoms with Gasteiger partial charge < -0.3 is 0 Å². The number of benzene rings is 2. The lowest BCUT2D eigenvalue weighted by Gasteiger charge is -2.03. The van der Waals surface area contributed by atoms with Crippen LogP contribution >= 0.6 is 11.3 Å². The van der Waals surface area contributed by atoms with Crippen LogP contribution in [-0.4, -0.2) is 20.7 Å². The van der Waals surface area contributed by atoms with Crippen molar-refractivity contribution in [3.63, 3.8) is 0 Å². The third-order valence-corrected chi connectivity index (χ3v) is 4.89. The SMILES string of the molecule is Cc1cc(C(=O)Nc2nc(-c3cccc4ccccc34)cs2)nn1C. The Morgan fingerprint density at radius 3 is 2.76 bits per heavy atom. The lowest BCUT2D eigenvalue weighted by Crippen LogP contribution is -2.12. The third kappa shape index (κ3) is 2.92. The lowest BCUT2D eigenvalue weighted by atomic mass is 10.0. The molecule has 5 nitrogen and oxygen atoms in total. The maximum Gasteiger partial charge on any atom is 0.277 e. The first-order chi connectivity index (χ1) is 12.1. The molecule has 124 valence electrons. The van der Waals surface area contributed by atoms with Gasteiger partial charge in [0.2, 0.25) is 0 Å². The van der Waals surface area contributed by atoms with E-state index in [9.17, 15) is 4.79 Å². The summed E-state index contributed by atoms with van der Waals surface area (Å²) < 4.78 is 1.68. The number of anilines is 1. The molecule has 2 aromatic carbocycles. The molecule has 0 aliphatic carbocycles. The molecular weight excluding hydrogens is 332 g/mol. The van der Waals surface area contributed by atoms with E-state index >= 15 is 0 Å². The van der Waals surface area contributed by atoms with E-state index < -0.39 is 0 Å². The molecule has 0 bridgehead atoms. The Bertz CT molecular complexity index is 1060. The van der Waals surface area contributed by atoms with Gasteiger partial charge in [0.15, 0.2) is 10.8 Å². The van der Waals surface area contributed by atoms with Crippen molar-refractivity contribution >= 4 is 33.1 Å². The van der Waals surface area contributed by atoms with E-state index in [4.69, 9.17) is 0 Å². The van der Waals surface area contributed by atoms with Crippen LogP contribution in [0.4, 0.5) is 5.13 Å². The second-order valence-electron chi connectivity index (χ2n) is 5.81. The van der Waals surface area contributed by atoms with E-state index in [0.29, 0.717) is 10.8 Å². The maximum atomic E-state index is 12.3. The molecule has 0 unspecified atom stereocenters. The minimum absolute atomic E-state index is 0.248. The second-order valence-corrected chi connectivity index (χ2v) is 6.67. The highest BCUT2D eigenvalue weighted by atomic mass is 32.1. The summed E-state index contributed by atoms with van der Waals surface area (Å²) in [6, 6.07) is 16.1. The number of hydrogen-bond donors (Lipinski definition) is 1. The van der Waals surface area contributed by atoms with Crippen molar-refractivity contribution in [3.8, 4) is 11.3 Å². The second kappa shape index (κ2) is 6.14. The monoisotopic (exact) mass is 348 g/mol. The summed E-state index contributed by atoms with van der Waals surface area (Å²) in [5.41, 5.74) is 3.24. The Labute approximate surface area is 149 Å². The van der Waals surface area contributed by atoms with Crippen molar-refractivity contribution in [3.05, 3.63) is 65.3 Å². The maximum absolute atomic E-state index is 12.3. The summed E-state index contributed by atoms with van der Waals surface area (Å²) in [7, 11) is 1.81. The number of hydrogen-bond acceptors (Lipinski definition) is 4. The first-order valence-electron chi connectivity index (χ1n) is 7.87. The number of nitrogens with one attached hydrogen (secondary N) is 1. The molecule has 0 aliphatic heterocycles. The normalized spacial score (nSPS) is 11.0. The summed E-state index contributed by atoms with van der Waals surface area (Å²) in [6.45, 7) is 1.91. The van der Waals surface area contributed by atoms with Gasteiger partial charge in [-0.15, -0.1) is 11.3 Å². The quantitative estimate of drug-likeness (QED) is 0.602. The Morgan fingerprint density at radius 2 is 1.96 bits per heavy atom. The molecule has 0 atom stereocenters. The van der Waals surface area contributed by atoms with Crippen LogP contribution in [0, 0.1) is 6.92 Å². The van der Waals surface area contributed by atoms with E-state index in [1.807, 2.05) is 43.6 Å². The highest BCUT2D eigenvalue weighted by Crippen LogP contribution is 2.31. The molecule has 0 saturated heterocycles. The van der Waals surface area contributed by atoms with Crippen LogP contribution in [0.5, 0.6) is 0 Å². The predicted octanol–water partition coefficient (Wildman–Crippen LogP) is 4.26. The molecule has 0 saturated carbocycles. The Hall–Kier alpha value is -2.99. The van der Waals surface area contributed by atoms with E-state index in [-0.39, 0.29) is 5.91 Å². The molecule has 2 heterocycles. The van der Waals surface area contributed by atoms with Gasteiger partial charge in [-0.1, -0.05) is 42.5 Å². The summed E-state index contributed by atoms with van der Waals surface area (Å²) in [4.78, 5) is 16.9. The molecule has 4 aromatic rings. The number of aryl methyl sites for hydroxylation is 2. The molecule has 2 aromatic heterocycles. The molecule has 0 aliphatic rings. The fourth-order valence-electron chi connectivity index (χ4n) is 2.74. The first-order valence-corrected chi connectivity index (χ1v) is 8.75. The first kappa shape index (κ1) is 15.5. The van der Waals surface area contributed by atoms with E-state index in [1.54, 1.807) is 10.7 Å². The van der Waals surface area contributed by atoms with Gasteiger partial charge in [0, 0.05) is 23.7 Å². The molecule has 0 radical (unpaired) electrons. The third-order valence-electron chi connectivity index (χ3n) is 4.14. The summed E-state index contributed by atoms with van der Waals surface area (Å²) in [6.07, 6.45) is 0. The molecule has 1 amide bonds. The van der Waals surface area contributed by atoms with Crippen LogP contribution in [0.1, 0.15) is 16.2 Å². The van der Waals surface area contributed by atoms with Gasteiger partial charge >= 0.3 is 0 Å². The molecule has 0 fully saturated rings. The fourth-order valence-corrected chi connectivity index (χ4v) is 3.44. The van der Waals surface area contributed by atoms with Gasteiger partial charge in [-0.3, -0.25) is 14.8 Å². The molecular formula is C19H16N4OS. The van der Waals surface area contributed by atoms with Crippen molar-refractivity contribution < 1.29 is 4.79 Å². The van der Waals surface area contributed by atoms with Crippen LogP contribution in [0.2, 0.25) is 0 Å². The van der Waals surface area contributed by atoms with Crippen molar-refractivity contribution in [1.82, 2.24) is 14.8 Å². The highest BCUT2D eigenvalue weighted by molar-refractivity contribution is 7.14. The zero-order valence-corrected chi connectivity index (χ0v) is 14.7. The number of amides is 1.